The van der Waals surface area contributed by atoms with Crippen molar-refractivity contribution in [3.63, 3.8) is 0 Å². The minimum absolute atomic E-state index is 0.0638. The first-order valence-electron chi connectivity index (χ1n) is 4.95. The molecule has 0 atom stereocenters. The van der Waals surface area contributed by atoms with Crippen LogP contribution in [0.25, 0.3) is 0 Å². The average molecular weight is 302 g/mol. The van der Waals surface area contributed by atoms with E-state index in [1.807, 2.05) is 0 Å². The van der Waals surface area contributed by atoms with E-state index in [1.54, 1.807) is 24.1 Å². The molecule has 104 valence electrons. The van der Waals surface area contributed by atoms with Crippen LogP contribution in [0.5, 0.6) is 0 Å². The second-order valence-corrected chi connectivity index (χ2v) is 6.31. The summed E-state index contributed by atoms with van der Waals surface area (Å²) in [4.78, 5) is 0.427. The zero-order chi connectivity index (χ0) is 14.0. The molecule has 0 fully saturated rings. The molecule has 1 aromatic heterocycles. The van der Waals surface area contributed by atoms with Crippen molar-refractivity contribution in [2.24, 2.45) is 0 Å². The number of sulfonamides is 1. The molecule has 2 N–H and O–H groups in total. The summed E-state index contributed by atoms with van der Waals surface area (Å²) < 4.78 is 61.3. The zero-order valence-electron chi connectivity index (χ0n) is 9.76. The van der Waals surface area contributed by atoms with Crippen molar-refractivity contribution in [1.82, 2.24) is 10.0 Å². The van der Waals surface area contributed by atoms with Gasteiger partial charge < -0.3 is 5.32 Å². The maximum Gasteiger partial charge on any atom is 0.402 e. The van der Waals surface area contributed by atoms with Gasteiger partial charge >= 0.3 is 6.18 Å². The molecule has 1 aromatic rings. The monoisotopic (exact) mass is 302 g/mol. The Balaban J connectivity index is 3.01. The van der Waals surface area contributed by atoms with Gasteiger partial charge in [-0.25, -0.2) is 13.1 Å². The summed E-state index contributed by atoms with van der Waals surface area (Å²) in [5.41, 5.74) is 0.444. The lowest BCUT2D eigenvalue weighted by Gasteiger charge is -2.10. The van der Waals surface area contributed by atoms with E-state index in [2.05, 4.69) is 5.32 Å². The lowest BCUT2D eigenvalue weighted by Crippen LogP contribution is -2.34. The van der Waals surface area contributed by atoms with Gasteiger partial charge in [0.15, 0.2) is 0 Å². The predicted molar refractivity (Wildman–Crippen MR) is 63.1 cm³/mol. The van der Waals surface area contributed by atoms with Gasteiger partial charge in [-0.15, -0.1) is 11.3 Å². The van der Waals surface area contributed by atoms with Crippen LogP contribution in [-0.2, 0) is 16.6 Å². The number of hydrogen-bond donors (Lipinski definition) is 2. The highest BCUT2D eigenvalue weighted by molar-refractivity contribution is 7.89. The largest absolute Gasteiger partial charge is 0.402 e. The van der Waals surface area contributed by atoms with Crippen molar-refractivity contribution in [2.45, 2.75) is 24.5 Å². The average Bonchev–Trinajstić information content (AvgIpc) is 2.57. The van der Waals surface area contributed by atoms with Crippen LogP contribution in [0.2, 0.25) is 0 Å². The standard InChI is InChI=1S/C9H13F3N2O2S2/c1-6-4-17-7(3-13-2)8(6)18(15,16)14-5-9(10,11)12/h4,13-14H,3,5H2,1-2H3. The van der Waals surface area contributed by atoms with E-state index < -0.39 is 22.7 Å². The zero-order valence-corrected chi connectivity index (χ0v) is 11.4. The molecule has 18 heavy (non-hydrogen) atoms. The number of rotatable bonds is 5. The number of aryl methyl sites for hydroxylation is 1. The van der Waals surface area contributed by atoms with Gasteiger partial charge in [-0.1, -0.05) is 0 Å². The molecule has 0 saturated heterocycles. The molecule has 0 aliphatic rings. The van der Waals surface area contributed by atoms with Crippen LogP contribution in [-0.4, -0.2) is 28.2 Å². The topological polar surface area (TPSA) is 58.2 Å². The molecular formula is C9H13F3N2O2S2. The van der Waals surface area contributed by atoms with Gasteiger partial charge in [-0.05, 0) is 24.9 Å². The van der Waals surface area contributed by atoms with E-state index >= 15 is 0 Å². The Bertz CT molecular complexity index is 508. The van der Waals surface area contributed by atoms with E-state index in [-0.39, 0.29) is 4.90 Å². The molecule has 1 heterocycles. The summed E-state index contributed by atoms with van der Waals surface area (Å²) in [6.45, 7) is 0.280. The Hall–Kier alpha value is -0.640. The van der Waals surface area contributed by atoms with Crippen molar-refractivity contribution in [3.8, 4) is 0 Å². The fraction of sp³-hybridized carbons (Fsp3) is 0.556. The first-order chi connectivity index (χ1) is 8.17. The van der Waals surface area contributed by atoms with Gasteiger partial charge in [0.2, 0.25) is 10.0 Å². The van der Waals surface area contributed by atoms with Crippen LogP contribution in [0.1, 0.15) is 10.4 Å². The van der Waals surface area contributed by atoms with Gasteiger partial charge in [0.25, 0.3) is 0 Å². The van der Waals surface area contributed by atoms with Crippen LogP contribution >= 0.6 is 11.3 Å². The minimum atomic E-state index is -4.57. The Morgan fingerprint density at radius 1 is 1.39 bits per heavy atom. The molecule has 0 unspecified atom stereocenters. The van der Waals surface area contributed by atoms with E-state index in [1.165, 1.54) is 11.3 Å². The maximum atomic E-state index is 12.0. The van der Waals surface area contributed by atoms with Crippen molar-refractivity contribution in [1.29, 1.82) is 0 Å². The third-order valence-corrected chi connectivity index (χ3v) is 4.92. The molecule has 1 rings (SSSR count). The lowest BCUT2D eigenvalue weighted by atomic mass is 10.3. The van der Waals surface area contributed by atoms with E-state index in [0.717, 1.165) is 0 Å². The SMILES string of the molecule is CNCc1scc(C)c1S(=O)(=O)NCC(F)(F)F. The molecule has 0 amide bonds. The van der Waals surface area contributed by atoms with Gasteiger partial charge in [-0.2, -0.15) is 13.2 Å². The fourth-order valence-corrected chi connectivity index (χ4v) is 4.21. The second-order valence-electron chi connectivity index (χ2n) is 3.64. The molecular weight excluding hydrogens is 289 g/mol. The molecule has 0 saturated carbocycles. The van der Waals surface area contributed by atoms with Crippen LogP contribution in [0, 0.1) is 6.92 Å². The highest BCUT2D eigenvalue weighted by Gasteiger charge is 2.31. The van der Waals surface area contributed by atoms with Crippen LogP contribution in [0.15, 0.2) is 10.3 Å². The molecule has 0 aliphatic heterocycles. The summed E-state index contributed by atoms with van der Waals surface area (Å²) in [6.07, 6.45) is -4.57. The van der Waals surface area contributed by atoms with Crippen LogP contribution in [0.4, 0.5) is 13.2 Å². The third-order valence-electron chi connectivity index (χ3n) is 2.06. The number of hydrogen-bond acceptors (Lipinski definition) is 4. The highest BCUT2D eigenvalue weighted by Crippen LogP contribution is 2.27. The van der Waals surface area contributed by atoms with Gasteiger partial charge in [0.1, 0.15) is 11.4 Å². The minimum Gasteiger partial charge on any atom is -0.315 e. The first-order valence-corrected chi connectivity index (χ1v) is 7.31. The van der Waals surface area contributed by atoms with E-state index in [9.17, 15) is 21.6 Å². The van der Waals surface area contributed by atoms with Crippen molar-refractivity contribution in [3.05, 3.63) is 15.8 Å². The Kier molecular flexibility index (Phi) is 4.76. The van der Waals surface area contributed by atoms with Crippen molar-refractivity contribution in [2.75, 3.05) is 13.6 Å². The highest BCUT2D eigenvalue weighted by atomic mass is 32.2. The maximum absolute atomic E-state index is 12.0. The molecule has 4 nitrogen and oxygen atoms in total. The summed E-state index contributed by atoms with van der Waals surface area (Å²) in [7, 11) is -2.50. The van der Waals surface area contributed by atoms with Crippen LogP contribution in [0.3, 0.4) is 0 Å². The van der Waals surface area contributed by atoms with E-state index in [0.29, 0.717) is 17.0 Å². The van der Waals surface area contributed by atoms with Crippen molar-refractivity contribution < 1.29 is 21.6 Å². The lowest BCUT2D eigenvalue weighted by molar-refractivity contribution is -0.121. The summed E-state index contributed by atoms with van der Waals surface area (Å²) in [6, 6.07) is 0. The molecule has 0 radical (unpaired) electrons. The van der Waals surface area contributed by atoms with Gasteiger partial charge in [0.05, 0.1) is 0 Å². The summed E-state index contributed by atoms with van der Waals surface area (Å²) in [5, 5.41) is 4.38. The predicted octanol–water partition coefficient (Wildman–Crippen LogP) is 1.62. The number of halogens is 3. The third kappa shape index (κ3) is 3.94. The number of thiophene rings is 1. The van der Waals surface area contributed by atoms with E-state index in [4.69, 9.17) is 0 Å². The molecule has 9 heteroatoms. The second kappa shape index (κ2) is 5.55. The van der Waals surface area contributed by atoms with Crippen LogP contribution < -0.4 is 10.0 Å². The molecule has 0 aromatic carbocycles. The Morgan fingerprint density at radius 2 is 2.00 bits per heavy atom. The van der Waals surface area contributed by atoms with Gasteiger partial charge in [-0.3, -0.25) is 0 Å². The summed E-state index contributed by atoms with van der Waals surface area (Å²) in [5.74, 6) is 0. The quantitative estimate of drug-likeness (QED) is 0.869. The molecule has 0 aliphatic carbocycles. The first kappa shape index (κ1) is 15.4. The van der Waals surface area contributed by atoms with Gasteiger partial charge in [0, 0.05) is 11.4 Å². The molecule has 0 spiro atoms. The Morgan fingerprint density at radius 3 is 2.50 bits per heavy atom. The van der Waals surface area contributed by atoms with Crippen molar-refractivity contribution >= 4 is 21.4 Å². The normalized spacial score (nSPS) is 12.9. The number of alkyl halides is 3. The Labute approximate surface area is 107 Å². The fourth-order valence-electron chi connectivity index (χ4n) is 1.38. The smallest absolute Gasteiger partial charge is 0.315 e. The summed E-state index contributed by atoms with van der Waals surface area (Å²) >= 11 is 1.20. The number of nitrogens with one attached hydrogen (secondary N) is 2. The molecule has 0 bridgehead atoms.